The largest absolute Gasteiger partial charge is 0.465 e. The van der Waals surface area contributed by atoms with E-state index in [0.29, 0.717) is 30.0 Å². The van der Waals surface area contributed by atoms with E-state index in [-0.39, 0.29) is 31.1 Å². The van der Waals surface area contributed by atoms with E-state index in [1.807, 2.05) is 4.90 Å². The first-order chi connectivity index (χ1) is 13.0. The Morgan fingerprint density at radius 1 is 1.19 bits per heavy atom. The van der Waals surface area contributed by atoms with E-state index in [1.54, 1.807) is 30.3 Å². The van der Waals surface area contributed by atoms with Crippen molar-refractivity contribution in [2.75, 3.05) is 36.4 Å². The number of amides is 1. The highest BCUT2D eigenvalue weighted by Crippen LogP contribution is 2.36. The molecule has 0 atom stereocenters. The fourth-order valence-corrected chi connectivity index (χ4v) is 3.10. The molecule has 1 fully saturated rings. The molecule has 0 unspecified atom stereocenters. The Bertz CT molecular complexity index is 853. The van der Waals surface area contributed by atoms with Gasteiger partial charge in [-0.25, -0.2) is 9.18 Å². The summed E-state index contributed by atoms with van der Waals surface area (Å²) < 4.78 is 13.3. The van der Waals surface area contributed by atoms with Crippen molar-refractivity contribution in [3.63, 3.8) is 0 Å². The smallest absolute Gasteiger partial charge is 0.407 e. The SMILES string of the molecule is O=C(O)N1CCN(c2cccc(NCc3cccc(F)c3)c2[N+](=O)[O-])CC1. The van der Waals surface area contributed by atoms with Crippen molar-refractivity contribution in [2.24, 2.45) is 0 Å². The van der Waals surface area contributed by atoms with Crippen LogP contribution < -0.4 is 10.2 Å². The number of hydrogen-bond donors (Lipinski definition) is 2. The van der Waals surface area contributed by atoms with Gasteiger partial charge in [0.25, 0.3) is 0 Å². The minimum atomic E-state index is -0.991. The normalized spacial score (nSPS) is 14.1. The molecule has 1 aliphatic heterocycles. The average molecular weight is 374 g/mol. The van der Waals surface area contributed by atoms with E-state index in [2.05, 4.69) is 5.32 Å². The molecule has 0 aromatic heterocycles. The van der Waals surface area contributed by atoms with Gasteiger partial charge in [-0.2, -0.15) is 0 Å². The lowest BCUT2D eigenvalue weighted by Gasteiger charge is -2.34. The van der Waals surface area contributed by atoms with Crippen molar-refractivity contribution in [1.29, 1.82) is 0 Å². The summed E-state index contributed by atoms with van der Waals surface area (Å²) in [6.07, 6.45) is -0.991. The first kappa shape index (κ1) is 18.4. The van der Waals surface area contributed by atoms with Crippen LogP contribution in [0.2, 0.25) is 0 Å². The number of nitrogens with zero attached hydrogens (tertiary/aromatic N) is 3. The molecule has 0 bridgehead atoms. The number of nitrogens with one attached hydrogen (secondary N) is 1. The standard InChI is InChI=1S/C18H19FN4O4/c19-14-4-1-3-13(11-14)12-20-15-5-2-6-16(17(15)23(26)27)21-7-9-22(10-8-21)18(24)25/h1-6,11,20H,7-10,12H2,(H,24,25). The zero-order valence-corrected chi connectivity index (χ0v) is 14.5. The van der Waals surface area contributed by atoms with E-state index in [0.717, 1.165) is 0 Å². The molecule has 1 amide bonds. The van der Waals surface area contributed by atoms with Crippen LogP contribution in [0.3, 0.4) is 0 Å². The van der Waals surface area contributed by atoms with Gasteiger partial charge in [0.05, 0.1) is 4.92 Å². The molecule has 1 aliphatic rings. The highest BCUT2D eigenvalue weighted by atomic mass is 19.1. The molecular weight excluding hydrogens is 355 g/mol. The van der Waals surface area contributed by atoms with E-state index in [9.17, 15) is 19.3 Å². The number of anilines is 2. The summed E-state index contributed by atoms with van der Waals surface area (Å²) in [5, 5.41) is 23.7. The molecular formula is C18H19FN4O4. The van der Waals surface area contributed by atoms with Crippen LogP contribution in [-0.4, -0.2) is 47.2 Å². The predicted molar refractivity (Wildman–Crippen MR) is 98.6 cm³/mol. The molecule has 1 saturated heterocycles. The number of nitro benzene ring substituents is 1. The second-order valence-corrected chi connectivity index (χ2v) is 6.17. The summed E-state index contributed by atoms with van der Waals surface area (Å²) >= 11 is 0. The van der Waals surface area contributed by atoms with Gasteiger partial charge < -0.3 is 20.2 Å². The molecule has 0 saturated carbocycles. The van der Waals surface area contributed by atoms with Gasteiger partial charge in [0.15, 0.2) is 0 Å². The lowest BCUT2D eigenvalue weighted by atomic mass is 10.1. The lowest BCUT2D eigenvalue weighted by Crippen LogP contribution is -2.48. The lowest BCUT2D eigenvalue weighted by molar-refractivity contribution is -0.383. The monoisotopic (exact) mass is 374 g/mol. The number of benzene rings is 2. The van der Waals surface area contributed by atoms with Crippen molar-refractivity contribution in [1.82, 2.24) is 4.90 Å². The molecule has 2 N–H and O–H groups in total. The molecule has 0 radical (unpaired) electrons. The highest BCUT2D eigenvalue weighted by molar-refractivity contribution is 5.77. The number of halogens is 1. The molecule has 3 rings (SSSR count). The zero-order valence-electron chi connectivity index (χ0n) is 14.5. The topological polar surface area (TPSA) is 99.0 Å². The summed E-state index contributed by atoms with van der Waals surface area (Å²) in [6, 6.07) is 11.0. The zero-order chi connectivity index (χ0) is 19.4. The summed E-state index contributed by atoms with van der Waals surface area (Å²) in [6.45, 7) is 1.57. The number of piperazine rings is 1. The second kappa shape index (κ2) is 7.90. The highest BCUT2D eigenvalue weighted by Gasteiger charge is 2.27. The van der Waals surface area contributed by atoms with Crippen LogP contribution in [0.1, 0.15) is 5.56 Å². The number of para-hydroxylation sites is 1. The third kappa shape index (κ3) is 4.25. The summed E-state index contributed by atoms with van der Waals surface area (Å²) in [4.78, 5) is 25.4. The van der Waals surface area contributed by atoms with Crippen molar-refractivity contribution in [3.05, 3.63) is 64.0 Å². The van der Waals surface area contributed by atoms with Crippen LogP contribution in [0.15, 0.2) is 42.5 Å². The van der Waals surface area contributed by atoms with Crippen molar-refractivity contribution in [3.8, 4) is 0 Å². The fourth-order valence-electron chi connectivity index (χ4n) is 3.10. The molecule has 2 aromatic rings. The molecule has 9 heteroatoms. The number of carbonyl (C=O) groups is 1. The first-order valence-corrected chi connectivity index (χ1v) is 8.44. The quantitative estimate of drug-likeness (QED) is 0.616. The van der Waals surface area contributed by atoms with Gasteiger partial charge in [-0.1, -0.05) is 18.2 Å². The van der Waals surface area contributed by atoms with E-state index >= 15 is 0 Å². The molecule has 27 heavy (non-hydrogen) atoms. The van der Waals surface area contributed by atoms with Crippen molar-refractivity contribution >= 4 is 23.2 Å². The summed E-state index contributed by atoms with van der Waals surface area (Å²) in [5.74, 6) is -0.367. The van der Waals surface area contributed by atoms with Gasteiger partial charge in [0.1, 0.15) is 17.2 Å². The third-order valence-electron chi connectivity index (χ3n) is 4.46. The maximum absolute atomic E-state index is 13.3. The van der Waals surface area contributed by atoms with E-state index in [4.69, 9.17) is 5.11 Å². The molecule has 142 valence electrons. The minimum absolute atomic E-state index is 0.0716. The maximum atomic E-state index is 13.3. The number of rotatable bonds is 5. The number of hydrogen-bond acceptors (Lipinski definition) is 5. The second-order valence-electron chi connectivity index (χ2n) is 6.17. The number of nitro groups is 1. The van der Waals surface area contributed by atoms with Gasteiger partial charge in [0.2, 0.25) is 0 Å². The Morgan fingerprint density at radius 3 is 2.52 bits per heavy atom. The van der Waals surface area contributed by atoms with Crippen LogP contribution in [-0.2, 0) is 6.54 Å². The Labute approximate surface area is 155 Å². The third-order valence-corrected chi connectivity index (χ3v) is 4.46. The summed E-state index contributed by atoms with van der Waals surface area (Å²) in [5.41, 5.74) is 1.37. The molecule has 1 heterocycles. The van der Waals surface area contributed by atoms with Gasteiger partial charge >= 0.3 is 11.8 Å². The predicted octanol–water partition coefficient (Wildman–Crippen LogP) is 3.15. The van der Waals surface area contributed by atoms with Crippen molar-refractivity contribution < 1.29 is 19.2 Å². The Balaban J connectivity index is 1.80. The summed E-state index contributed by atoms with van der Waals surface area (Å²) in [7, 11) is 0. The Hall–Kier alpha value is -3.36. The van der Waals surface area contributed by atoms with E-state index in [1.165, 1.54) is 17.0 Å². The average Bonchev–Trinajstić information content (AvgIpc) is 2.66. The fraction of sp³-hybridized carbons (Fsp3) is 0.278. The van der Waals surface area contributed by atoms with Crippen molar-refractivity contribution in [2.45, 2.75) is 6.54 Å². The van der Waals surface area contributed by atoms with Gasteiger partial charge in [-0.3, -0.25) is 10.1 Å². The van der Waals surface area contributed by atoms with Crippen LogP contribution >= 0.6 is 0 Å². The number of carboxylic acid groups (broad SMARTS) is 1. The molecule has 2 aromatic carbocycles. The van der Waals surface area contributed by atoms with Gasteiger partial charge in [-0.15, -0.1) is 0 Å². The Morgan fingerprint density at radius 2 is 1.89 bits per heavy atom. The van der Waals surface area contributed by atoms with E-state index < -0.39 is 11.0 Å². The molecule has 0 spiro atoms. The van der Waals surface area contributed by atoms with Crippen LogP contribution in [0.25, 0.3) is 0 Å². The maximum Gasteiger partial charge on any atom is 0.407 e. The molecule has 0 aliphatic carbocycles. The van der Waals surface area contributed by atoms with Gasteiger partial charge in [-0.05, 0) is 29.8 Å². The Kier molecular flexibility index (Phi) is 5.39. The molecule has 8 nitrogen and oxygen atoms in total. The minimum Gasteiger partial charge on any atom is -0.465 e. The van der Waals surface area contributed by atoms with Gasteiger partial charge in [0, 0.05) is 32.7 Å². The van der Waals surface area contributed by atoms with Crippen LogP contribution in [0.5, 0.6) is 0 Å². The first-order valence-electron chi connectivity index (χ1n) is 8.44. The van der Waals surface area contributed by atoms with Crippen LogP contribution in [0.4, 0.5) is 26.2 Å². The van der Waals surface area contributed by atoms with Crippen LogP contribution in [0, 0.1) is 15.9 Å².